The van der Waals surface area contributed by atoms with Gasteiger partial charge in [0, 0.05) is 11.6 Å². The molecule has 1 aliphatic heterocycles. The maximum Gasteiger partial charge on any atom is 0.280 e. The molecule has 1 fully saturated rings. The van der Waals surface area contributed by atoms with E-state index in [1.165, 1.54) is 10.6 Å². The van der Waals surface area contributed by atoms with E-state index in [2.05, 4.69) is 5.10 Å². The first kappa shape index (κ1) is 22.8. The normalized spacial score (nSPS) is 13.9. The number of fused-ring (bicyclic) bond motifs is 1. The fourth-order valence-corrected chi connectivity index (χ4v) is 4.81. The summed E-state index contributed by atoms with van der Waals surface area (Å²) in [4.78, 5) is 30.0. The highest BCUT2D eigenvalue weighted by atomic mass is 16.7. The number of H-pyrrole nitrogens is 1. The Morgan fingerprint density at radius 1 is 0.919 bits per heavy atom. The van der Waals surface area contributed by atoms with E-state index in [9.17, 15) is 14.9 Å². The summed E-state index contributed by atoms with van der Waals surface area (Å²) in [6, 6.07) is 24.1. The Hall–Kier alpha value is -4.60. The molecular formula is C28H22N4O5. The van der Waals surface area contributed by atoms with Crippen molar-refractivity contribution in [3.05, 3.63) is 111 Å². The van der Waals surface area contributed by atoms with Gasteiger partial charge < -0.3 is 9.47 Å². The maximum atomic E-state index is 13.9. The first-order chi connectivity index (χ1) is 18.0. The van der Waals surface area contributed by atoms with Crippen LogP contribution >= 0.6 is 0 Å². The number of hydrogen-bond acceptors (Lipinski definition) is 6. The molecule has 0 aliphatic carbocycles. The van der Waals surface area contributed by atoms with Gasteiger partial charge in [-0.1, -0.05) is 60.7 Å². The van der Waals surface area contributed by atoms with E-state index in [4.69, 9.17) is 14.5 Å². The number of nitro benzene ring substituents is 1. The predicted octanol–water partition coefficient (Wildman–Crippen LogP) is 5.29. The van der Waals surface area contributed by atoms with E-state index >= 15 is 0 Å². The highest BCUT2D eigenvalue weighted by molar-refractivity contribution is 5.91. The molecule has 3 heterocycles. The summed E-state index contributed by atoms with van der Waals surface area (Å²) in [7, 11) is 0. The van der Waals surface area contributed by atoms with Gasteiger partial charge in [0.25, 0.3) is 11.2 Å². The Labute approximate surface area is 211 Å². The lowest BCUT2D eigenvalue weighted by molar-refractivity contribution is -0.386. The van der Waals surface area contributed by atoms with Crippen LogP contribution in [0, 0.1) is 17.0 Å². The summed E-state index contributed by atoms with van der Waals surface area (Å²) in [5, 5.41) is 14.9. The predicted molar refractivity (Wildman–Crippen MR) is 138 cm³/mol. The van der Waals surface area contributed by atoms with Crippen molar-refractivity contribution in [1.82, 2.24) is 14.6 Å². The van der Waals surface area contributed by atoms with Gasteiger partial charge in [-0.15, -0.1) is 0 Å². The second kappa shape index (κ2) is 9.12. The number of hydrogen-bond donors (Lipinski definition) is 1. The topological polar surface area (TPSA) is 112 Å². The smallest absolute Gasteiger partial charge is 0.280 e. The zero-order valence-corrected chi connectivity index (χ0v) is 19.9. The second-order valence-corrected chi connectivity index (χ2v) is 8.73. The zero-order valence-electron chi connectivity index (χ0n) is 19.9. The molecule has 2 aromatic heterocycles. The minimum atomic E-state index is -0.861. The van der Waals surface area contributed by atoms with Gasteiger partial charge in [-0.2, -0.15) is 4.52 Å². The SMILES string of the molecule is Cc1nc2c(-c3ccccc3)c(-c3ccccc3)[nH]n2c(=O)c1-c1ccc([N+](=O)[O-])c(C2OCCO2)c1. The third-order valence-corrected chi connectivity index (χ3v) is 6.47. The third kappa shape index (κ3) is 3.90. The van der Waals surface area contributed by atoms with Crippen LogP contribution in [0.1, 0.15) is 17.5 Å². The van der Waals surface area contributed by atoms with Crippen LogP contribution < -0.4 is 5.56 Å². The van der Waals surface area contributed by atoms with Gasteiger partial charge in [-0.3, -0.25) is 20.0 Å². The van der Waals surface area contributed by atoms with Crippen LogP contribution in [0.3, 0.4) is 0 Å². The molecule has 9 nitrogen and oxygen atoms in total. The molecular weight excluding hydrogens is 472 g/mol. The Morgan fingerprint density at radius 2 is 1.57 bits per heavy atom. The molecule has 3 aromatic carbocycles. The largest absolute Gasteiger partial charge is 0.346 e. The second-order valence-electron chi connectivity index (χ2n) is 8.73. The molecule has 1 aliphatic rings. The van der Waals surface area contributed by atoms with Crippen molar-refractivity contribution in [2.75, 3.05) is 13.2 Å². The molecule has 184 valence electrons. The van der Waals surface area contributed by atoms with Crippen LogP contribution in [0.15, 0.2) is 83.7 Å². The van der Waals surface area contributed by atoms with Crippen molar-refractivity contribution in [2.24, 2.45) is 0 Å². The summed E-state index contributed by atoms with van der Waals surface area (Å²) in [5.74, 6) is 0. The average molecular weight is 495 g/mol. The van der Waals surface area contributed by atoms with Crippen molar-refractivity contribution in [3.63, 3.8) is 0 Å². The molecule has 0 atom stereocenters. The molecule has 37 heavy (non-hydrogen) atoms. The molecule has 0 unspecified atom stereocenters. The molecule has 6 rings (SSSR count). The highest BCUT2D eigenvalue weighted by Crippen LogP contribution is 2.37. The lowest BCUT2D eigenvalue weighted by Crippen LogP contribution is -2.19. The van der Waals surface area contributed by atoms with Crippen molar-refractivity contribution in [3.8, 4) is 33.5 Å². The van der Waals surface area contributed by atoms with Crippen LogP contribution in [-0.2, 0) is 9.47 Å². The fraction of sp³-hybridized carbons (Fsp3) is 0.143. The van der Waals surface area contributed by atoms with Gasteiger partial charge in [-0.05, 0) is 30.2 Å². The minimum Gasteiger partial charge on any atom is -0.346 e. The van der Waals surface area contributed by atoms with E-state index in [-0.39, 0.29) is 16.8 Å². The quantitative estimate of drug-likeness (QED) is 0.263. The van der Waals surface area contributed by atoms with Crippen molar-refractivity contribution < 1.29 is 14.4 Å². The van der Waals surface area contributed by atoms with E-state index in [0.717, 1.165) is 22.4 Å². The van der Waals surface area contributed by atoms with Gasteiger partial charge in [0.2, 0.25) is 0 Å². The summed E-state index contributed by atoms with van der Waals surface area (Å²) < 4.78 is 12.5. The van der Waals surface area contributed by atoms with E-state index in [0.29, 0.717) is 35.7 Å². The number of benzene rings is 3. The lowest BCUT2D eigenvalue weighted by Gasteiger charge is -2.12. The standard InChI is InChI=1S/C28H22N4O5/c1-17-23(20-12-13-22(32(34)35)21(16-20)28-36-14-15-37-28)27(33)31-26(29-17)24(18-8-4-2-5-9-18)25(30-31)19-10-6-3-7-11-19/h2-13,16,28,30H,14-15H2,1H3. The Morgan fingerprint density at radius 3 is 2.22 bits per heavy atom. The van der Waals surface area contributed by atoms with Crippen LogP contribution in [0.25, 0.3) is 39.2 Å². The van der Waals surface area contributed by atoms with E-state index < -0.39 is 11.2 Å². The van der Waals surface area contributed by atoms with Crippen molar-refractivity contribution in [2.45, 2.75) is 13.2 Å². The number of ether oxygens (including phenoxy) is 2. The van der Waals surface area contributed by atoms with Crippen LogP contribution in [0.2, 0.25) is 0 Å². The fourth-order valence-electron chi connectivity index (χ4n) is 4.81. The summed E-state index contributed by atoms with van der Waals surface area (Å²) in [6.07, 6.45) is -0.861. The Balaban J connectivity index is 1.60. The van der Waals surface area contributed by atoms with E-state index in [1.807, 2.05) is 60.7 Å². The molecule has 0 spiro atoms. The lowest BCUT2D eigenvalue weighted by atomic mass is 10.00. The number of rotatable bonds is 5. The molecule has 5 aromatic rings. The minimum absolute atomic E-state index is 0.125. The van der Waals surface area contributed by atoms with Crippen molar-refractivity contribution in [1.29, 1.82) is 0 Å². The number of nitro groups is 1. The number of aromatic nitrogens is 3. The molecule has 0 amide bonds. The monoisotopic (exact) mass is 494 g/mol. The van der Waals surface area contributed by atoms with Crippen LogP contribution in [0.5, 0.6) is 0 Å². The molecule has 9 heteroatoms. The number of aromatic amines is 1. The summed E-state index contributed by atoms with van der Waals surface area (Å²) in [6.45, 7) is 2.45. The summed E-state index contributed by atoms with van der Waals surface area (Å²) >= 11 is 0. The number of nitrogens with one attached hydrogen (secondary N) is 1. The van der Waals surface area contributed by atoms with Gasteiger partial charge in [0.05, 0.1) is 46.2 Å². The number of aryl methyl sites for hydroxylation is 1. The first-order valence-electron chi connectivity index (χ1n) is 11.8. The Kier molecular flexibility index (Phi) is 5.63. The molecule has 0 bridgehead atoms. The van der Waals surface area contributed by atoms with Crippen LogP contribution in [0.4, 0.5) is 5.69 Å². The zero-order chi connectivity index (χ0) is 25.5. The van der Waals surface area contributed by atoms with Gasteiger partial charge in [-0.25, -0.2) is 4.98 Å². The first-order valence-corrected chi connectivity index (χ1v) is 11.8. The average Bonchev–Trinajstić information content (AvgIpc) is 3.58. The Bertz CT molecular complexity index is 1690. The van der Waals surface area contributed by atoms with Gasteiger partial charge in [0.15, 0.2) is 11.9 Å². The van der Waals surface area contributed by atoms with E-state index in [1.54, 1.807) is 19.1 Å². The third-order valence-electron chi connectivity index (χ3n) is 6.47. The maximum absolute atomic E-state index is 13.9. The van der Waals surface area contributed by atoms with Gasteiger partial charge >= 0.3 is 0 Å². The van der Waals surface area contributed by atoms with Gasteiger partial charge in [0.1, 0.15) is 0 Å². The molecule has 0 saturated carbocycles. The molecule has 1 N–H and O–H groups in total. The molecule has 0 radical (unpaired) electrons. The number of nitrogens with zero attached hydrogens (tertiary/aromatic N) is 3. The summed E-state index contributed by atoms with van der Waals surface area (Å²) in [5.41, 5.74) is 5.11. The highest BCUT2D eigenvalue weighted by Gasteiger charge is 2.29. The van der Waals surface area contributed by atoms with Crippen LogP contribution in [-0.4, -0.2) is 32.7 Å². The van der Waals surface area contributed by atoms with Crippen molar-refractivity contribution >= 4 is 11.3 Å². The molecule has 1 saturated heterocycles.